The summed E-state index contributed by atoms with van der Waals surface area (Å²) in [6.07, 6.45) is 0.535. The van der Waals surface area contributed by atoms with Crippen molar-refractivity contribution in [3.63, 3.8) is 0 Å². The monoisotopic (exact) mass is 180 g/mol. The van der Waals surface area contributed by atoms with Gasteiger partial charge in [-0.2, -0.15) is 12.6 Å². The smallest absolute Gasteiger partial charge is 0.134 e. The molecular formula is C10H12OS. The Hall–Kier alpha value is -0.760. The Morgan fingerprint density at radius 2 is 1.75 bits per heavy atom. The van der Waals surface area contributed by atoms with Crippen LogP contribution in [0.25, 0.3) is 0 Å². The van der Waals surface area contributed by atoms with E-state index in [9.17, 15) is 4.79 Å². The van der Waals surface area contributed by atoms with Crippen LogP contribution in [0.3, 0.4) is 0 Å². The van der Waals surface area contributed by atoms with Gasteiger partial charge in [-0.3, -0.25) is 4.79 Å². The van der Waals surface area contributed by atoms with Crippen LogP contribution < -0.4 is 0 Å². The summed E-state index contributed by atoms with van der Waals surface area (Å²) in [4.78, 5) is 10.8. The third kappa shape index (κ3) is 2.70. The zero-order valence-electron chi connectivity index (χ0n) is 7.08. The first-order chi connectivity index (χ1) is 5.72. The molecule has 0 N–H and O–H groups in total. The molecule has 0 aliphatic heterocycles. The van der Waals surface area contributed by atoms with Crippen molar-refractivity contribution in [2.24, 2.45) is 0 Å². The molecule has 0 radical (unpaired) electrons. The van der Waals surface area contributed by atoms with Crippen molar-refractivity contribution in [2.75, 3.05) is 0 Å². The van der Waals surface area contributed by atoms with Crippen LogP contribution in [0.5, 0.6) is 0 Å². The Kier molecular flexibility index (Phi) is 3.35. The van der Waals surface area contributed by atoms with Crippen molar-refractivity contribution in [2.45, 2.75) is 19.1 Å². The first kappa shape index (κ1) is 9.33. The Balaban J connectivity index is 2.71. The maximum atomic E-state index is 10.8. The number of hydrogen-bond donors (Lipinski definition) is 1. The molecule has 0 aliphatic carbocycles. The first-order valence-corrected chi connectivity index (χ1v) is 4.53. The Morgan fingerprint density at radius 1 is 1.25 bits per heavy atom. The van der Waals surface area contributed by atoms with Gasteiger partial charge < -0.3 is 0 Å². The summed E-state index contributed by atoms with van der Waals surface area (Å²) in [5.41, 5.74) is 2.26. The van der Waals surface area contributed by atoms with Crippen molar-refractivity contribution in [1.82, 2.24) is 0 Å². The normalized spacial score (nSPS) is 9.83. The highest BCUT2D eigenvalue weighted by molar-refractivity contribution is 7.79. The maximum absolute atomic E-state index is 10.8. The topological polar surface area (TPSA) is 17.1 Å². The lowest BCUT2D eigenvalue weighted by Crippen LogP contribution is -1.95. The van der Waals surface area contributed by atoms with E-state index in [2.05, 4.69) is 12.6 Å². The minimum Gasteiger partial charge on any atom is -0.300 e. The van der Waals surface area contributed by atoms with Gasteiger partial charge in [0.05, 0.1) is 0 Å². The van der Waals surface area contributed by atoms with Gasteiger partial charge in [-0.15, -0.1) is 0 Å². The van der Waals surface area contributed by atoms with E-state index in [1.54, 1.807) is 6.92 Å². The lowest BCUT2D eigenvalue weighted by Gasteiger charge is -1.98. The summed E-state index contributed by atoms with van der Waals surface area (Å²) in [5.74, 6) is 0.953. The van der Waals surface area contributed by atoms with Crippen molar-refractivity contribution >= 4 is 18.4 Å². The van der Waals surface area contributed by atoms with Crippen molar-refractivity contribution in [3.8, 4) is 0 Å². The van der Waals surface area contributed by atoms with E-state index in [1.165, 1.54) is 5.56 Å². The number of benzene rings is 1. The number of carbonyl (C=O) groups excluding carboxylic acids is 1. The van der Waals surface area contributed by atoms with Crippen molar-refractivity contribution < 1.29 is 4.79 Å². The molecule has 1 nitrogen and oxygen atoms in total. The molecule has 2 heteroatoms. The highest BCUT2D eigenvalue weighted by Gasteiger charge is 1.96. The molecular weight excluding hydrogens is 168 g/mol. The van der Waals surface area contributed by atoms with Gasteiger partial charge in [0.15, 0.2) is 0 Å². The second kappa shape index (κ2) is 4.31. The van der Waals surface area contributed by atoms with Crippen LogP contribution in [0.2, 0.25) is 0 Å². The summed E-state index contributed by atoms with van der Waals surface area (Å²) >= 11 is 4.15. The second-order valence-electron chi connectivity index (χ2n) is 2.85. The molecule has 1 rings (SSSR count). The minimum atomic E-state index is 0.202. The average molecular weight is 180 g/mol. The summed E-state index contributed by atoms with van der Waals surface area (Å²) in [5, 5.41) is 0. The third-order valence-corrected chi connectivity index (χ3v) is 2.02. The largest absolute Gasteiger partial charge is 0.300 e. The summed E-state index contributed by atoms with van der Waals surface area (Å²) in [7, 11) is 0. The van der Waals surface area contributed by atoms with E-state index >= 15 is 0 Å². The number of carbonyl (C=O) groups is 1. The van der Waals surface area contributed by atoms with E-state index in [4.69, 9.17) is 0 Å². The Labute approximate surface area is 78.2 Å². The van der Waals surface area contributed by atoms with Gasteiger partial charge in [0.25, 0.3) is 0 Å². The van der Waals surface area contributed by atoms with Crippen LogP contribution in [0, 0.1) is 0 Å². The molecule has 1 aromatic carbocycles. The number of rotatable bonds is 3. The lowest BCUT2D eigenvalue weighted by molar-refractivity contribution is -0.116. The minimum absolute atomic E-state index is 0.202. The first-order valence-electron chi connectivity index (χ1n) is 3.90. The molecule has 0 spiro atoms. The zero-order chi connectivity index (χ0) is 8.97. The standard InChI is InChI=1S/C10H12OS/c1-8(11)6-9-2-4-10(7-12)5-3-9/h2-5,12H,6-7H2,1H3. The van der Waals surface area contributed by atoms with Gasteiger partial charge in [0.1, 0.15) is 5.78 Å². The van der Waals surface area contributed by atoms with Crippen LogP contribution in [-0.4, -0.2) is 5.78 Å². The van der Waals surface area contributed by atoms with Crippen molar-refractivity contribution in [1.29, 1.82) is 0 Å². The number of ketones is 1. The lowest BCUT2D eigenvalue weighted by atomic mass is 10.1. The van der Waals surface area contributed by atoms with E-state index < -0.39 is 0 Å². The molecule has 12 heavy (non-hydrogen) atoms. The molecule has 0 heterocycles. The van der Waals surface area contributed by atoms with Crippen LogP contribution in [0.1, 0.15) is 18.1 Å². The van der Waals surface area contributed by atoms with Gasteiger partial charge in [-0.05, 0) is 18.1 Å². The van der Waals surface area contributed by atoms with Crippen LogP contribution >= 0.6 is 12.6 Å². The van der Waals surface area contributed by atoms with Crippen LogP contribution in [0.15, 0.2) is 24.3 Å². The van der Waals surface area contributed by atoms with Gasteiger partial charge in [0, 0.05) is 12.2 Å². The molecule has 1 aromatic rings. The third-order valence-electron chi connectivity index (χ3n) is 1.66. The van der Waals surface area contributed by atoms with Gasteiger partial charge in [0.2, 0.25) is 0 Å². The van der Waals surface area contributed by atoms with Gasteiger partial charge >= 0.3 is 0 Å². The molecule has 0 saturated carbocycles. The van der Waals surface area contributed by atoms with Crippen LogP contribution in [-0.2, 0) is 17.0 Å². The molecule has 0 amide bonds. The quantitative estimate of drug-likeness (QED) is 0.706. The number of hydrogen-bond acceptors (Lipinski definition) is 2. The highest BCUT2D eigenvalue weighted by Crippen LogP contribution is 2.07. The highest BCUT2D eigenvalue weighted by atomic mass is 32.1. The predicted molar refractivity (Wildman–Crippen MR) is 53.5 cm³/mol. The SMILES string of the molecule is CC(=O)Cc1ccc(CS)cc1. The molecule has 0 atom stereocenters. The van der Waals surface area contributed by atoms with E-state index in [-0.39, 0.29) is 5.78 Å². The second-order valence-corrected chi connectivity index (χ2v) is 3.17. The van der Waals surface area contributed by atoms with E-state index in [0.717, 1.165) is 11.3 Å². The molecule has 0 aromatic heterocycles. The summed E-state index contributed by atoms with van der Waals surface area (Å²) in [6.45, 7) is 1.60. The van der Waals surface area contributed by atoms with Gasteiger partial charge in [-0.25, -0.2) is 0 Å². The van der Waals surface area contributed by atoms with Crippen LogP contribution in [0.4, 0.5) is 0 Å². The summed E-state index contributed by atoms with van der Waals surface area (Å²) in [6, 6.07) is 7.97. The zero-order valence-corrected chi connectivity index (χ0v) is 7.97. The average Bonchev–Trinajstić information content (AvgIpc) is 2.05. The predicted octanol–water partition coefficient (Wildman–Crippen LogP) is 2.25. The van der Waals surface area contributed by atoms with E-state index in [1.807, 2.05) is 24.3 Å². The molecule has 0 bridgehead atoms. The summed E-state index contributed by atoms with van der Waals surface area (Å²) < 4.78 is 0. The number of thiol groups is 1. The molecule has 0 saturated heterocycles. The van der Waals surface area contributed by atoms with Gasteiger partial charge in [-0.1, -0.05) is 24.3 Å². The Bertz CT molecular complexity index is 264. The Morgan fingerprint density at radius 3 is 2.17 bits per heavy atom. The molecule has 0 fully saturated rings. The van der Waals surface area contributed by atoms with Crippen molar-refractivity contribution in [3.05, 3.63) is 35.4 Å². The molecule has 0 unspecified atom stereocenters. The fraction of sp³-hybridized carbons (Fsp3) is 0.300. The molecule has 64 valence electrons. The van der Waals surface area contributed by atoms with E-state index in [0.29, 0.717) is 6.42 Å². The fourth-order valence-corrected chi connectivity index (χ4v) is 1.26. The molecule has 0 aliphatic rings. The fourth-order valence-electron chi connectivity index (χ4n) is 1.05. The maximum Gasteiger partial charge on any atom is 0.134 e. The number of Topliss-reactive ketones (excluding diaryl/α,β-unsaturated/α-hetero) is 1.